The fourth-order valence-electron chi connectivity index (χ4n) is 2.60. The molecule has 0 fully saturated rings. The molecule has 17 heavy (non-hydrogen) atoms. The van der Waals surface area contributed by atoms with Crippen LogP contribution < -0.4 is 0 Å². The first-order valence-corrected chi connectivity index (χ1v) is 7.31. The van der Waals surface area contributed by atoms with Crippen LogP contribution in [0.1, 0.15) is 65.2 Å². The van der Waals surface area contributed by atoms with Crippen LogP contribution >= 0.6 is 0 Å². The van der Waals surface area contributed by atoms with Gasteiger partial charge in [0.05, 0.1) is 5.60 Å². The molecular weight excluding hydrogens is 208 g/mol. The van der Waals surface area contributed by atoms with Gasteiger partial charge in [-0.1, -0.05) is 76.7 Å². The van der Waals surface area contributed by atoms with Crippen molar-refractivity contribution in [1.29, 1.82) is 0 Å². The Morgan fingerprint density at radius 2 is 1.71 bits per heavy atom. The van der Waals surface area contributed by atoms with Gasteiger partial charge in [0.15, 0.2) is 0 Å². The van der Waals surface area contributed by atoms with E-state index in [-0.39, 0.29) is 0 Å². The highest BCUT2D eigenvalue weighted by Gasteiger charge is 2.32. The van der Waals surface area contributed by atoms with Gasteiger partial charge in [-0.25, -0.2) is 0 Å². The fourth-order valence-corrected chi connectivity index (χ4v) is 2.60. The van der Waals surface area contributed by atoms with Gasteiger partial charge in [-0.15, -0.1) is 0 Å². The van der Waals surface area contributed by atoms with Crippen molar-refractivity contribution < 1.29 is 5.11 Å². The smallest absolute Gasteiger partial charge is 0.0893 e. The molecule has 0 aromatic carbocycles. The summed E-state index contributed by atoms with van der Waals surface area (Å²) in [6, 6.07) is 0. The topological polar surface area (TPSA) is 20.2 Å². The number of hydrogen-bond donors (Lipinski definition) is 1. The summed E-state index contributed by atoms with van der Waals surface area (Å²) < 4.78 is 0. The minimum atomic E-state index is -0.572. The number of aliphatic hydroxyl groups is 1. The van der Waals surface area contributed by atoms with Gasteiger partial charge in [-0.05, 0) is 12.8 Å². The van der Waals surface area contributed by atoms with Gasteiger partial charge in [-0.2, -0.15) is 0 Å². The van der Waals surface area contributed by atoms with Gasteiger partial charge in [-0.3, -0.25) is 0 Å². The SMILES string of the molecule is CCCCCC1C=CC=CC1(O)CCCCC. The zero-order chi connectivity index (χ0) is 12.6. The molecule has 1 aliphatic rings. The van der Waals surface area contributed by atoms with Crippen LogP contribution in [0.2, 0.25) is 0 Å². The number of rotatable bonds is 8. The van der Waals surface area contributed by atoms with Gasteiger partial charge in [0.1, 0.15) is 0 Å². The third kappa shape index (κ3) is 4.67. The summed E-state index contributed by atoms with van der Waals surface area (Å²) in [5, 5.41) is 10.7. The minimum absolute atomic E-state index is 0.330. The van der Waals surface area contributed by atoms with E-state index >= 15 is 0 Å². The monoisotopic (exact) mass is 236 g/mol. The Morgan fingerprint density at radius 1 is 1.00 bits per heavy atom. The molecule has 0 amide bonds. The van der Waals surface area contributed by atoms with Crippen molar-refractivity contribution in [3.8, 4) is 0 Å². The van der Waals surface area contributed by atoms with Crippen LogP contribution in [0.3, 0.4) is 0 Å². The third-order valence-corrected chi connectivity index (χ3v) is 3.78. The Labute approximate surface area is 107 Å². The number of unbranched alkanes of at least 4 members (excludes halogenated alkanes) is 4. The summed E-state index contributed by atoms with van der Waals surface area (Å²) in [5.74, 6) is 0.330. The van der Waals surface area contributed by atoms with Gasteiger partial charge >= 0.3 is 0 Å². The van der Waals surface area contributed by atoms with Crippen LogP contribution in [0.5, 0.6) is 0 Å². The van der Waals surface area contributed by atoms with Gasteiger partial charge in [0.25, 0.3) is 0 Å². The second-order valence-electron chi connectivity index (χ2n) is 5.29. The Bertz CT molecular complexity index is 254. The van der Waals surface area contributed by atoms with Crippen LogP contribution in [0.15, 0.2) is 24.3 Å². The number of hydrogen-bond acceptors (Lipinski definition) is 1. The van der Waals surface area contributed by atoms with Crippen molar-refractivity contribution in [2.45, 2.75) is 70.8 Å². The Hall–Kier alpha value is -0.560. The molecule has 0 radical (unpaired) electrons. The van der Waals surface area contributed by atoms with Crippen LogP contribution in [-0.2, 0) is 0 Å². The first-order valence-electron chi connectivity index (χ1n) is 7.31. The van der Waals surface area contributed by atoms with Crippen molar-refractivity contribution in [1.82, 2.24) is 0 Å². The highest BCUT2D eigenvalue weighted by atomic mass is 16.3. The maximum absolute atomic E-state index is 10.7. The van der Waals surface area contributed by atoms with E-state index in [9.17, 15) is 5.11 Å². The van der Waals surface area contributed by atoms with E-state index in [1.165, 1.54) is 32.1 Å². The minimum Gasteiger partial charge on any atom is -0.385 e. The van der Waals surface area contributed by atoms with Gasteiger partial charge in [0, 0.05) is 5.92 Å². The molecule has 0 aromatic rings. The Balaban J connectivity index is 2.46. The fraction of sp³-hybridized carbons (Fsp3) is 0.750. The van der Waals surface area contributed by atoms with Crippen LogP contribution in [0, 0.1) is 5.92 Å². The molecule has 0 spiro atoms. The molecule has 0 bridgehead atoms. The molecule has 0 aliphatic heterocycles. The molecule has 1 heteroatoms. The highest BCUT2D eigenvalue weighted by molar-refractivity contribution is 5.21. The molecule has 1 nitrogen and oxygen atoms in total. The first-order chi connectivity index (χ1) is 8.23. The average molecular weight is 236 g/mol. The summed E-state index contributed by atoms with van der Waals surface area (Å²) >= 11 is 0. The lowest BCUT2D eigenvalue weighted by Crippen LogP contribution is -2.36. The molecule has 1 N–H and O–H groups in total. The van der Waals surface area contributed by atoms with Crippen molar-refractivity contribution in [3.05, 3.63) is 24.3 Å². The normalized spacial score (nSPS) is 27.6. The summed E-state index contributed by atoms with van der Waals surface area (Å²) in [6.07, 6.45) is 17.7. The van der Waals surface area contributed by atoms with Gasteiger partial charge in [0.2, 0.25) is 0 Å². The van der Waals surface area contributed by atoms with Crippen molar-refractivity contribution in [2.75, 3.05) is 0 Å². The molecular formula is C16H28O. The second kappa shape index (κ2) is 7.71. The molecule has 1 rings (SSSR count). The lowest BCUT2D eigenvalue weighted by atomic mass is 9.77. The Morgan fingerprint density at radius 3 is 2.41 bits per heavy atom. The van der Waals surface area contributed by atoms with E-state index in [2.05, 4.69) is 26.0 Å². The molecule has 0 saturated heterocycles. The van der Waals surface area contributed by atoms with E-state index in [0.29, 0.717) is 5.92 Å². The maximum Gasteiger partial charge on any atom is 0.0893 e. The van der Waals surface area contributed by atoms with Gasteiger partial charge < -0.3 is 5.11 Å². The lowest BCUT2D eigenvalue weighted by Gasteiger charge is -2.34. The Kier molecular flexibility index (Phi) is 6.57. The van der Waals surface area contributed by atoms with E-state index in [4.69, 9.17) is 0 Å². The number of allylic oxidation sites excluding steroid dienone is 2. The quantitative estimate of drug-likeness (QED) is 0.610. The molecule has 0 heterocycles. The van der Waals surface area contributed by atoms with E-state index in [0.717, 1.165) is 19.3 Å². The van der Waals surface area contributed by atoms with E-state index in [1.54, 1.807) is 0 Å². The summed E-state index contributed by atoms with van der Waals surface area (Å²) in [7, 11) is 0. The van der Waals surface area contributed by atoms with Crippen molar-refractivity contribution in [3.63, 3.8) is 0 Å². The zero-order valence-electron chi connectivity index (χ0n) is 11.5. The highest BCUT2D eigenvalue weighted by Crippen LogP contribution is 2.33. The standard InChI is InChI=1S/C16H28O/c1-3-5-7-11-15-12-8-10-14-16(15,17)13-9-6-4-2/h8,10,12,14-15,17H,3-7,9,11,13H2,1-2H3. The van der Waals surface area contributed by atoms with Crippen LogP contribution in [0.25, 0.3) is 0 Å². The second-order valence-corrected chi connectivity index (χ2v) is 5.29. The zero-order valence-corrected chi connectivity index (χ0v) is 11.5. The first kappa shape index (κ1) is 14.5. The van der Waals surface area contributed by atoms with Crippen molar-refractivity contribution in [2.24, 2.45) is 5.92 Å². The average Bonchev–Trinajstić information content (AvgIpc) is 2.32. The maximum atomic E-state index is 10.7. The largest absolute Gasteiger partial charge is 0.385 e. The molecule has 1 aliphatic carbocycles. The summed E-state index contributed by atoms with van der Waals surface area (Å²) in [6.45, 7) is 4.43. The van der Waals surface area contributed by atoms with Crippen molar-refractivity contribution >= 4 is 0 Å². The molecule has 0 saturated carbocycles. The molecule has 2 atom stereocenters. The van der Waals surface area contributed by atoms with Crippen LogP contribution in [-0.4, -0.2) is 10.7 Å². The van der Waals surface area contributed by atoms with E-state index in [1.807, 2.05) is 12.2 Å². The third-order valence-electron chi connectivity index (χ3n) is 3.78. The predicted octanol–water partition coefficient (Wildman–Crippen LogP) is 4.62. The van der Waals surface area contributed by atoms with Crippen LogP contribution in [0.4, 0.5) is 0 Å². The predicted molar refractivity (Wildman–Crippen MR) is 75.0 cm³/mol. The molecule has 0 aromatic heterocycles. The lowest BCUT2D eigenvalue weighted by molar-refractivity contribution is 0.0309. The molecule has 2 unspecified atom stereocenters. The molecule has 98 valence electrons. The summed E-state index contributed by atoms with van der Waals surface area (Å²) in [5.41, 5.74) is -0.572. The van der Waals surface area contributed by atoms with E-state index < -0.39 is 5.60 Å². The summed E-state index contributed by atoms with van der Waals surface area (Å²) in [4.78, 5) is 0.